The van der Waals surface area contributed by atoms with Crippen molar-refractivity contribution in [3.05, 3.63) is 0 Å². The maximum absolute atomic E-state index is 9.76. The smallest absolute Gasteiger partial charge is 0.207 e. The monoisotopic (exact) mass is 177 g/mol. The summed E-state index contributed by atoms with van der Waals surface area (Å²) in [5.74, 6) is 0. The zero-order valence-corrected chi connectivity index (χ0v) is 6.99. The Kier molecular flexibility index (Phi) is 9.79. The van der Waals surface area contributed by atoms with Crippen molar-refractivity contribution in [3.8, 4) is 0 Å². The highest BCUT2D eigenvalue weighted by atomic mass is 16.5. The second-order valence-corrected chi connectivity index (χ2v) is 2.02. The molecule has 0 aliphatic rings. The van der Waals surface area contributed by atoms with Crippen LogP contribution in [0.1, 0.15) is 0 Å². The van der Waals surface area contributed by atoms with E-state index in [4.69, 9.17) is 14.6 Å². The maximum atomic E-state index is 9.76. The molecule has 0 saturated heterocycles. The van der Waals surface area contributed by atoms with Crippen molar-refractivity contribution >= 4 is 6.41 Å². The molecular weight excluding hydrogens is 162 g/mol. The van der Waals surface area contributed by atoms with Crippen LogP contribution in [0.5, 0.6) is 0 Å². The van der Waals surface area contributed by atoms with Gasteiger partial charge in [0.05, 0.1) is 33.0 Å². The molecule has 0 bridgehead atoms. The lowest BCUT2D eigenvalue weighted by Crippen LogP contribution is -2.18. The van der Waals surface area contributed by atoms with E-state index in [1.807, 2.05) is 0 Å². The Morgan fingerprint density at radius 2 is 1.83 bits per heavy atom. The van der Waals surface area contributed by atoms with E-state index in [1.54, 1.807) is 0 Å². The van der Waals surface area contributed by atoms with Gasteiger partial charge in [-0.05, 0) is 0 Å². The molecule has 5 heteroatoms. The highest BCUT2D eigenvalue weighted by Gasteiger charge is 1.88. The van der Waals surface area contributed by atoms with E-state index < -0.39 is 0 Å². The minimum absolute atomic E-state index is 0.0344. The van der Waals surface area contributed by atoms with Gasteiger partial charge in [-0.2, -0.15) is 0 Å². The van der Waals surface area contributed by atoms with E-state index in [2.05, 4.69) is 5.32 Å². The number of carbonyl (C=O) groups excluding carboxylic acids is 1. The van der Waals surface area contributed by atoms with Gasteiger partial charge >= 0.3 is 0 Å². The van der Waals surface area contributed by atoms with E-state index in [0.29, 0.717) is 39.4 Å². The topological polar surface area (TPSA) is 67.8 Å². The molecule has 0 unspecified atom stereocenters. The molecule has 0 aromatic heterocycles. The van der Waals surface area contributed by atoms with Crippen LogP contribution < -0.4 is 5.32 Å². The van der Waals surface area contributed by atoms with Crippen LogP contribution in [0.15, 0.2) is 0 Å². The number of aliphatic hydroxyl groups is 1. The number of amides is 1. The molecule has 72 valence electrons. The number of aliphatic hydroxyl groups excluding tert-OH is 1. The molecule has 0 saturated carbocycles. The minimum Gasteiger partial charge on any atom is -0.394 e. The van der Waals surface area contributed by atoms with Crippen molar-refractivity contribution < 1.29 is 19.4 Å². The molecule has 0 spiro atoms. The Morgan fingerprint density at radius 1 is 1.17 bits per heavy atom. The Morgan fingerprint density at radius 3 is 2.42 bits per heavy atom. The van der Waals surface area contributed by atoms with Gasteiger partial charge in [-0.25, -0.2) is 0 Å². The highest BCUT2D eigenvalue weighted by Crippen LogP contribution is 1.76. The first kappa shape index (κ1) is 11.4. The van der Waals surface area contributed by atoms with Crippen molar-refractivity contribution in [1.82, 2.24) is 5.32 Å². The number of hydrogen-bond donors (Lipinski definition) is 2. The van der Waals surface area contributed by atoms with Crippen LogP contribution in [0.3, 0.4) is 0 Å². The fraction of sp³-hybridized carbons (Fsp3) is 0.857. The first-order chi connectivity index (χ1) is 5.91. The summed E-state index contributed by atoms with van der Waals surface area (Å²) in [6.07, 6.45) is 0.631. The van der Waals surface area contributed by atoms with Gasteiger partial charge in [0, 0.05) is 6.54 Å². The molecule has 0 aliphatic heterocycles. The fourth-order valence-electron chi connectivity index (χ4n) is 0.577. The van der Waals surface area contributed by atoms with Crippen molar-refractivity contribution in [2.75, 3.05) is 39.6 Å². The van der Waals surface area contributed by atoms with Gasteiger partial charge in [0.1, 0.15) is 0 Å². The molecule has 0 aliphatic carbocycles. The molecule has 5 nitrogen and oxygen atoms in total. The van der Waals surface area contributed by atoms with E-state index >= 15 is 0 Å². The van der Waals surface area contributed by atoms with Crippen molar-refractivity contribution in [2.45, 2.75) is 0 Å². The average Bonchev–Trinajstić information content (AvgIpc) is 2.10. The summed E-state index contributed by atoms with van der Waals surface area (Å²) in [6, 6.07) is 0. The van der Waals surface area contributed by atoms with Crippen LogP contribution in [0.25, 0.3) is 0 Å². The highest BCUT2D eigenvalue weighted by molar-refractivity contribution is 5.45. The predicted molar refractivity (Wildman–Crippen MR) is 42.8 cm³/mol. The van der Waals surface area contributed by atoms with E-state index in [9.17, 15) is 4.79 Å². The Hall–Kier alpha value is -0.650. The molecule has 2 N–H and O–H groups in total. The summed E-state index contributed by atoms with van der Waals surface area (Å²) in [5, 5.41) is 10.8. The van der Waals surface area contributed by atoms with Gasteiger partial charge in [0.2, 0.25) is 6.41 Å². The van der Waals surface area contributed by atoms with E-state index in [0.717, 1.165) is 0 Å². The van der Waals surface area contributed by atoms with Gasteiger partial charge in [-0.3, -0.25) is 4.79 Å². The largest absolute Gasteiger partial charge is 0.394 e. The van der Waals surface area contributed by atoms with Gasteiger partial charge < -0.3 is 19.9 Å². The Balaban J connectivity index is 2.77. The third-order valence-electron chi connectivity index (χ3n) is 1.08. The second kappa shape index (κ2) is 10.3. The van der Waals surface area contributed by atoms with Crippen molar-refractivity contribution in [3.63, 3.8) is 0 Å². The Labute approximate surface area is 71.7 Å². The van der Waals surface area contributed by atoms with Crippen LogP contribution in [0.2, 0.25) is 0 Å². The molecule has 0 atom stereocenters. The molecule has 0 aromatic rings. The predicted octanol–water partition coefficient (Wildman–Crippen LogP) is -1.24. The first-order valence-electron chi connectivity index (χ1n) is 3.85. The maximum Gasteiger partial charge on any atom is 0.207 e. The third-order valence-corrected chi connectivity index (χ3v) is 1.08. The van der Waals surface area contributed by atoms with Crippen LogP contribution in [-0.2, 0) is 14.3 Å². The zero-order valence-electron chi connectivity index (χ0n) is 6.99. The van der Waals surface area contributed by atoms with Crippen LogP contribution in [-0.4, -0.2) is 51.1 Å². The molecule has 0 heterocycles. The normalized spacial score (nSPS) is 9.75. The average molecular weight is 177 g/mol. The molecule has 1 amide bonds. The van der Waals surface area contributed by atoms with Crippen LogP contribution in [0, 0.1) is 0 Å². The minimum atomic E-state index is 0.0344. The fourth-order valence-corrected chi connectivity index (χ4v) is 0.577. The molecule has 0 fully saturated rings. The summed E-state index contributed by atoms with van der Waals surface area (Å²) in [7, 11) is 0. The van der Waals surface area contributed by atoms with Gasteiger partial charge in [0.15, 0.2) is 0 Å². The number of nitrogens with one attached hydrogen (secondary N) is 1. The van der Waals surface area contributed by atoms with Crippen LogP contribution >= 0.6 is 0 Å². The molecule has 0 radical (unpaired) electrons. The van der Waals surface area contributed by atoms with E-state index in [-0.39, 0.29) is 6.61 Å². The summed E-state index contributed by atoms with van der Waals surface area (Å²) < 4.78 is 9.98. The molecule has 0 rings (SSSR count). The zero-order chi connectivity index (χ0) is 9.07. The molecule has 0 aromatic carbocycles. The lowest BCUT2D eigenvalue weighted by Gasteiger charge is -2.03. The second-order valence-electron chi connectivity index (χ2n) is 2.02. The lowest BCUT2D eigenvalue weighted by atomic mass is 10.6. The Bertz CT molecular complexity index is 99.4. The molecule has 12 heavy (non-hydrogen) atoms. The number of carbonyl (C=O) groups is 1. The third kappa shape index (κ3) is 9.35. The van der Waals surface area contributed by atoms with E-state index in [1.165, 1.54) is 0 Å². The lowest BCUT2D eigenvalue weighted by molar-refractivity contribution is -0.109. The number of rotatable bonds is 9. The summed E-state index contributed by atoms with van der Waals surface area (Å²) >= 11 is 0. The van der Waals surface area contributed by atoms with Gasteiger partial charge in [-0.1, -0.05) is 0 Å². The summed E-state index contributed by atoms with van der Waals surface area (Å²) in [5.41, 5.74) is 0. The van der Waals surface area contributed by atoms with Gasteiger partial charge in [-0.15, -0.1) is 0 Å². The summed E-state index contributed by atoms with van der Waals surface area (Å²) in [4.78, 5) is 9.76. The standard InChI is InChI=1S/C7H15NO4/c9-2-4-12-6-5-11-3-1-8-7-10/h7,9H,1-6H2,(H,8,10). The SMILES string of the molecule is O=CNCCOCCOCCO. The number of hydrogen-bond acceptors (Lipinski definition) is 4. The van der Waals surface area contributed by atoms with Crippen LogP contribution in [0.4, 0.5) is 0 Å². The number of ether oxygens (including phenoxy) is 2. The quantitative estimate of drug-likeness (QED) is 0.341. The summed E-state index contributed by atoms with van der Waals surface area (Å²) in [6.45, 7) is 2.34. The van der Waals surface area contributed by atoms with Gasteiger partial charge in [0.25, 0.3) is 0 Å². The molecular formula is C7H15NO4. The van der Waals surface area contributed by atoms with Crippen molar-refractivity contribution in [2.24, 2.45) is 0 Å². The van der Waals surface area contributed by atoms with Crippen molar-refractivity contribution in [1.29, 1.82) is 0 Å². The first-order valence-corrected chi connectivity index (χ1v) is 3.85.